The van der Waals surface area contributed by atoms with Crippen molar-refractivity contribution in [2.75, 3.05) is 37.3 Å². The molecule has 1 unspecified atom stereocenters. The summed E-state index contributed by atoms with van der Waals surface area (Å²) in [6, 6.07) is 7.79. The van der Waals surface area contributed by atoms with E-state index in [1.807, 2.05) is 7.05 Å². The molecule has 1 aromatic heterocycles. The van der Waals surface area contributed by atoms with Crippen molar-refractivity contribution in [3.63, 3.8) is 0 Å². The third-order valence-electron chi connectivity index (χ3n) is 5.55. The van der Waals surface area contributed by atoms with Gasteiger partial charge in [0, 0.05) is 18.8 Å². The summed E-state index contributed by atoms with van der Waals surface area (Å²) < 4.78 is 13.6. The van der Waals surface area contributed by atoms with Crippen LogP contribution in [0.4, 0.5) is 15.9 Å². The summed E-state index contributed by atoms with van der Waals surface area (Å²) in [5, 5.41) is 15.6. The van der Waals surface area contributed by atoms with E-state index in [-0.39, 0.29) is 5.02 Å². The fraction of sp³-hybridized carbons (Fsp3) is 0.478. The molecule has 0 saturated carbocycles. The van der Waals surface area contributed by atoms with Gasteiger partial charge in [-0.05, 0) is 75.9 Å². The zero-order chi connectivity index (χ0) is 22.2. The van der Waals surface area contributed by atoms with Gasteiger partial charge >= 0.3 is 5.97 Å². The summed E-state index contributed by atoms with van der Waals surface area (Å²) >= 11 is 5.93. The summed E-state index contributed by atoms with van der Waals surface area (Å²) in [7, 11) is 1.98. The Kier molecular flexibility index (Phi) is 8.49. The second-order valence-corrected chi connectivity index (χ2v) is 8.40. The average Bonchev–Trinajstić information content (AvgIpc) is 2.76. The highest BCUT2D eigenvalue weighted by Crippen LogP contribution is 2.25. The number of nitrogens with zero attached hydrogens (tertiary/aromatic N) is 2. The Bertz CT molecular complexity index is 896. The van der Waals surface area contributed by atoms with Crippen LogP contribution in [0.2, 0.25) is 5.02 Å². The van der Waals surface area contributed by atoms with E-state index in [0.717, 1.165) is 56.7 Å². The van der Waals surface area contributed by atoms with E-state index in [0.29, 0.717) is 18.7 Å². The van der Waals surface area contributed by atoms with E-state index < -0.39 is 17.8 Å². The van der Waals surface area contributed by atoms with Gasteiger partial charge in [-0.3, -0.25) is 0 Å². The average molecular weight is 449 g/mol. The minimum Gasteiger partial charge on any atom is -0.480 e. The first kappa shape index (κ1) is 23.3. The SMILES string of the molecule is CN(CCCCc1ccc2c(n1)NCCC2)CCC(Nc1cccc(F)c1Cl)C(=O)O. The summed E-state index contributed by atoms with van der Waals surface area (Å²) in [5.74, 6) is -0.524. The van der Waals surface area contributed by atoms with Crippen molar-refractivity contribution in [3.8, 4) is 0 Å². The van der Waals surface area contributed by atoms with Gasteiger partial charge in [-0.2, -0.15) is 0 Å². The number of aliphatic carboxylic acids is 1. The number of benzene rings is 1. The van der Waals surface area contributed by atoms with E-state index in [9.17, 15) is 14.3 Å². The zero-order valence-corrected chi connectivity index (χ0v) is 18.6. The second kappa shape index (κ2) is 11.3. The van der Waals surface area contributed by atoms with E-state index in [4.69, 9.17) is 16.6 Å². The van der Waals surface area contributed by atoms with Crippen molar-refractivity contribution in [3.05, 3.63) is 52.4 Å². The molecule has 31 heavy (non-hydrogen) atoms. The quantitative estimate of drug-likeness (QED) is 0.441. The highest BCUT2D eigenvalue weighted by Gasteiger charge is 2.19. The molecule has 2 heterocycles. The lowest BCUT2D eigenvalue weighted by atomic mass is 10.1. The minimum absolute atomic E-state index is 0.0897. The van der Waals surface area contributed by atoms with Crippen LogP contribution in [0.1, 0.15) is 36.9 Å². The van der Waals surface area contributed by atoms with Gasteiger partial charge in [-0.25, -0.2) is 14.2 Å². The number of carboxylic acid groups (broad SMARTS) is 1. The number of nitrogens with one attached hydrogen (secondary N) is 2. The van der Waals surface area contributed by atoms with Gasteiger partial charge in [0.2, 0.25) is 0 Å². The lowest BCUT2D eigenvalue weighted by molar-refractivity contribution is -0.138. The van der Waals surface area contributed by atoms with Crippen LogP contribution in [0.3, 0.4) is 0 Å². The van der Waals surface area contributed by atoms with Gasteiger partial charge in [0.1, 0.15) is 17.7 Å². The van der Waals surface area contributed by atoms with Gasteiger partial charge in [0.15, 0.2) is 0 Å². The fourth-order valence-corrected chi connectivity index (χ4v) is 3.90. The number of carboxylic acids is 1. The van der Waals surface area contributed by atoms with Crippen molar-refractivity contribution in [2.24, 2.45) is 0 Å². The molecule has 6 nitrogen and oxygen atoms in total. The molecule has 168 valence electrons. The number of rotatable bonds is 11. The molecular weight excluding hydrogens is 419 g/mol. The topological polar surface area (TPSA) is 77.5 Å². The standard InChI is InChI=1S/C23H30ClFN4O2/c1-29(14-3-2-7-17-11-10-16-6-5-13-26-22(16)27-17)15-12-20(23(30)31)28-19-9-4-8-18(25)21(19)24/h4,8-11,20,28H,2-3,5-7,12-15H2,1H3,(H,26,27)(H,30,31). The van der Waals surface area contributed by atoms with Crippen LogP contribution in [0.25, 0.3) is 0 Å². The summed E-state index contributed by atoms with van der Waals surface area (Å²) in [6.45, 7) is 2.47. The molecule has 1 aliphatic rings. The molecule has 0 aliphatic carbocycles. The van der Waals surface area contributed by atoms with Crippen LogP contribution in [0.15, 0.2) is 30.3 Å². The van der Waals surface area contributed by atoms with Crippen molar-refractivity contribution in [2.45, 2.75) is 44.6 Å². The second-order valence-electron chi connectivity index (χ2n) is 8.03. The number of fused-ring (bicyclic) bond motifs is 1. The number of aryl methyl sites for hydroxylation is 2. The first-order valence-electron chi connectivity index (χ1n) is 10.8. The Labute approximate surface area is 187 Å². The molecule has 1 aliphatic heterocycles. The van der Waals surface area contributed by atoms with Crippen LogP contribution in [0.5, 0.6) is 0 Å². The number of anilines is 2. The molecule has 0 spiro atoms. The maximum absolute atomic E-state index is 13.6. The van der Waals surface area contributed by atoms with E-state index in [1.54, 1.807) is 6.07 Å². The normalized spacial score (nSPS) is 14.1. The Balaban J connectivity index is 1.39. The highest BCUT2D eigenvalue weighted by atomic mass is 35.5. The third kappa shape index (κ3) is 6.80. The van der Waals surface area contributed by atoms with E-state index >= 15 is 0 Å². The molecule has 0 saturated heterocycles. The smallest absolute Gasteiger partial charge is 0.326 e. The van der Waals surface area contributed by atoms with Gasteiger partial charge in [0.25, 0.3) is 0 Å². The maximum Gasteiger partial charge on any atom is 0.326 e. The lowest BCUT2D eigenvalue weighted by Gasteiger charge is -2.21. The van der Waals surface area contributed by atoms with E-state index in [2.05, 4.69) is 27.7 Å². The molecule has 3 rings (SSSR count). The van der Waals surface area contributed by atoms with Crippen LogP contribution < -0.4 is 10.6 Å². The first-order valence-corrected chi connectivity index (χ1v) is 11.2. The molecule has 0 radical (unpaired) electrons. The molecule has 1 aromatic carbocycles. The largest absolute Gasteiger partial charge is 0.480 e. The van der Waals surface area contributed by atoms with Crippen LogP contribution in [-0.4, -0.2) is 53.7 Å². The number of halogens is 2. The number of carbonyl (C=O) groups is 1. The number of unbranched alkanes of at least 4 members (excludes halogenated alkanes) is 1. The Hall–Kier alpha value is -2.38. The molecule has 0 bridgehead atoms. The molecule has 3 N–H and O–H groups in total. The Morgan fingerprint density at radius 2 is 2.16 bits per heavy atom. The van der Waals surface area contributed by atoms with Gasteiger partial charge < -0.3 is 20.6 Å². The molecule has 0 fully saturated rings. The fourth-order valence-electron chi connectivity index (χ4n) is 3.72. The number of hydrogen-bond acceptors (Lipinski definition) is 5. The van der Waals surface area contributed by atoms with Crippen LogP contribution in [0, 0.1) is 5.82 Å². The van der Waals surface area contributed by atoms with Crippen LogP contribution in [-0.2, 0) is 17.6 Å². The molecule has 8 heteroatoms. The summed E-state index contributed by atoms with van der Waals surface area (Å²) in [6.07, 6.45) is 5.60. The van der Waals surface area contributed by atoms with Crippen molar-refractivity contribution >= 4 is 29.1 Å². The van der Waals surface area contributed by atoms with Crippen molar-refractivity contribution in [1.29, 1.82) is 0 Å². The summed E-state index contributed by atoms with van der Waals surface area (Å²) in [4.78, 5) is 18.4. The predicted octanol–water partition coefficient (Wildman–Crippen LogP) is 4.44. The van der Waals surface area contributed by atoms with Gasteiger partial charge in [0.05, 0.1) is 10.7 Å². The van der Waals surface area contributed by atoms with Crippen LogP contribution >= 0.6 is 11.6 Å². The number of aromatic nitrogens is 1. The van der Waals surface area contributed by atoms with Gasteiger partial charge in [-0.1, -0.05) is 23.7 Å². The third-order valence-corrected chi connectivity index (χ3v) is 5.94. The first-order chi connectivity index (χ1) is 14.9. The maximum atomic E-state index is 13.6. The Morgan fingerprint density at radius 1 is 1.32 bits per heavy atom. The number of pyridine rings is 1. The van der Waals surface area contributed by atoms with Crippen molar-refractivity contribution in [1.82, 2.24) is 9.88 Å². The molecule has 2 aromatic rings. The summed E-state index contributed by atoms with van der Waals surface area (Å²) in [5.41, 5.74) is 2.71. The predicted molar refractivity (Wildman–Crippen MR) is 123 cm³/mol. The minimum atomic E-state index is -0.985. The monoisotopic (exact) mass is 448 g/mol. The molecule has 1 atom stereocenters. The molecular formula is C23H30ClFN4O2. The van der Waals surface area contributed by atoms with E-state index in [1.165, 1.54) is 17.7 Å². The Morgan fingerprint density at radius 3 is 2.97 bits per heavy atom. The molecule has 0 amide bonds. The zero-order valence-electron chi connectivity index (χ0n) is 17.8. The lowest BCUT2D eigenvalue weighted by Crippen LogP contribution is -2.34. The van der Waals surface area contributed by atoms with Crippen molar-refractivity contribution < 1.29 is 14.3 Å². The highest BCUT2D eigenvalue weighted by molar-refractivity contribution is 6.33. The van der Waals surface area contributed by atoms with Gasteiger partial charge in [-0.15, -0.1) is 0 Å². The number of hydrogen-bond donors (Lipinski definition) is 3.